The van der Waals surface area contributed by atoms with Gasteiger partial charge in [-0.1, -0.05) is 18.2 Å². The summed E-state index contributed by atoms with van der Waals surface area (Å²) < 4.78 is 0. The van der Waals surface area contributed by atoms with E-state index >= 15 is 0 Å². The number of benzene rings is 1. The van der Waals surface area contributed by atoms with Gasteiger partial charge in [-0.25, -0.2) is 0 Å². The Morgan fingerprint density at radius 1 is 1.47 bits per heavy atom. The van der Waals surface area contributed by atoms with Crippen LogP contribution in [0.15, 0.2) is 24.3 Å². The van der Waals surface area contributed by atoms with Gasteiger partial charge in [-0.05, 0) is 18.1 Å². The van der Waals surface area contributed by atoms with Gasteiger partial charge in [-0.15, -0.1) is 12.4 Å². The molecule has 1 aromatic rings. The number of amides is 1. The number of carbonyl (C=O) groups excluding carboxylic acids is 1. The molecule has 1 aliphatic rings. The summed E-state index contributed by atoms with van der Waals surface area (Å²) in [6.07, 6.45) is 0.702. The maximum Gasteiger partial charge on any atom is 0.239 e. The molecule has 1 amide bonds. The van der Waals surface area contributed by atoms with E-state index in [1.54, 1.807) is 11.0 Å². The lowest BCUT2D eigenvalue weighted by Gasteiger charge is -2.16. The van der Waals surface area contributed by atoms with Crippen LogP contribution >= 0.6 is 12.4 Å². The molecule has 90 valence electrons. The fourth-order valence-electron chi connectivity index (χ4n) is 1.89. The van der Waals surface area contributed by atoms with Crippen molar-refractivity contribution in [1.82, 2.24) is 4.90 Å². The predicted octanol–water partition coefficient (Wildman–Crippen LogP) is 1.04. The number of nitrogens with two attached hydrogens (primary N) is 1. The summed E-state index contributed by atoms with van der Waals surface area (Å²) in [4.78, 5) is 13.3. The Labute approximate surface area is 106 Å². The summed E-state index contributed by atoms with van der Waals surface area (Å²) >= 11 is 0. The van der Waals surface area contributed by atoms with Crippen LogP contribution in [0.2, 0.25) is 0 Å². The molecule has 17 heavy (non-hydrogen) atoms. The van der Waals surface area contributed by atoms with Crippen molar-refractivity contribution < 1.29 is 4.79 Å². The van der Waals surface area contributed by atoms with E-state index < -0.39 is 0 Å². The molecule has 4 nitrogen and oxygen atoms in total. The molecular formula is C12H14ClN3O. The zero-order valence-corrected chi connectivity index (χ0v) is 10.1. The van der Waals surface area contributed by atoms with Crippen LogP contribution in [0.25, 0.3) is 0 Å². The molecule has 1 aromatic carbocycles. The first-order chi connectivity index (χ1) is 7.72. The minimum absolute atomic E-state index is 0. The number of carbonyl (C=O) groups is 1. The third-order valence-corrected chi connectivity index (χ3v) is 2.84. The summed E-state index contributed by atoms with van der Waals surface area (Å²) in [5.41, 5.74) is 7.14. The monoisotopic (exact) mass is 251 g/mol. The van der Waals surface area contributed by atoms with Crippen LogP contribution in [0.1, 0.15) is 17.5 Å². The molecule has 0 aromatic heterocycles. The fourth-order valence-corrected chi connectivity index (χ4v) is 1.89. The molecule has 1 atom stereocenters. The van der Waals surface area contributed by atoms with Gasteiger partial charge in [0.1, 0.15) is 0 Å². The number of likely N-dealkylation sites (tertiary alicyclic amines) is 1. The standard InChI is InChI=1S/C12H13N3O.ClH/c13-7-9-3-1-2-4-10(9)8-15-6-5-11(14)12(15)16;/h1-4,11H,5-6,8,14H2;1H/t11-;/m0./s1. The molecule has 1 heterocycles. The van der Waals surface area contributed by atoms with Gasteiger partial charge in [-0.3, -0.25) is 4.79 Å². The maximum absolute atomic E-state index is 11.6. The SMILES string of the molecule is Cl.N#Cc1ccccc1CN1CC[C@H](N)C1=O. The highest BCUT2D eigenvalue weighted by atomic mass is 35.5. The summed E-state index contributed by atoms with van der Waals surface area (Å²) in [5, 5.41) is 8.93. The summed E-state index contributed by atoms with van der Waals surface area (Å²) in [5.74, 6) is -0.0206. The van der Waals surface area contributed by atoms with Crippen molar-refractivity contribution in [3.8, 4) is 6.07 Å². The van der Waals surface area contributed by atoms with Crippen molar-refractivity contribution >= 4 is 18.3 Å². The van der Waals surface area contributed by atoms with Gasteiger partial charge in [0, 0.05) is 13.1 Å². The predicted molar refractivity (Wildman–Crippen MR) is 66.4 cm³/mol. The van der Waals surface area contributed by atoms with Crippen molar-refractivity contribution in [2.45, 2.75) is 19.0 Å². The van der Waals surface area contributed by atoms with Crippen LogP contribution in [0.4, 0.5) is 0 Å². The van der Waals surface area contributed by atoms with Crippen LogP contribution in [0.3, 0.4) is 0 Å². The molecule has 5 heteroatoms. The lowest BCUT2D eigenvalue weighted by atomic mass is 10.1. The largest absolute Gasteiger partial charge is 0.337 e. The quantitative estimate of drug-likeness (QED) is 0.854. The molecule has 2 rings (SSSR count). The number of nitriles is 1. The second-order valence-corrected chi connectivity index (χ2v) is 3.92. The fraction of sp³-hybridized carbons (Fsp3) is 0.333. The van der Waals surface area contributed by atoms with E-state index in [4.69, 9.17) is 11.0 Å². The van der Waals surface area contributed by atoms with Gasteiger partial charge >= 0.3 is 0 Å². The average Bonchev–Trinajstić information content (AvgIpc) is 2.62. The Hall–Kier alpha value is -1.57. The van der Waals surface area contributed by atoms with Gasteiger partial charge < -0.3 is 10.6 Å². The van der Waals surface area contributed by atoms with Gasteiger partial charge in [0.25, 0.3) is 0 Å². The molecule has 1 saturated heterocycles. The third kappa shape index (κ3) is 2.76. The van der Waals surface area contributed by atoms with E-state index in [2.05, 4.69) is 6.07 Å². The minimum atomic E-state index is -0.366. The Kier molecular flexibility index (Phi) is 4.50. The first kappa shape index (κ1) is 13.5. The Morgan fingerprint density at radius 3 is 2.76 bits per heavy atom. The second-order valence-electron chi connectivity index (χ2n) is 3.92. The van der Waals surface area contributed by atoms with Gasteiger partial charge in [0.2, 0.25) is 5.91 Å². The van der Waals surface area contributed by atoms with E-state index in [-0.39, 0.29) is 24.4 Å². The lowest BCUT2D eigenvalue weighted by molar-refractivity contribution is -0.129. The number of rotatable bonds is 2. The topological polar surface area (TPSA) is 70.1 Å². The first-order valence-electron chi connectivity index (χ1n) is 5.24. The number of nitrogens with zero attached hydrogens (tertiary/aromatic N) is 2. The van der Waals surface area contributed by atoms with Crippen LogP contribution in [0, 0.1) is 11.3 Å². The van der Waals surface area contributed by atoms with Crippen LogP contribution in [-0.2, 0) is 11.3 Å². The molecule has 0 aliphatic carbocycles. The Morgan fingerprint density at radius 2 is 2.18 bits per heavy atom. The second kappa shape index (κ2) is 5.67. The van der Waals surface area contributed by atoms with Crippen molar-refractivity contribution in [2.75, 3.05) is 6.54 Å². The maximum atomic E-state index is 11.6. The smallest absolute Gasteiger partial charge is 0.239 e. The summed E-state index contributed by atoms with van der Waals surface area (Å²) in [7, 11) is 0. The highest BCUT2D eigenvalue weighted by Gasteiger charge is 2.28. The van der Waals surface area contributed by atoms with Crippen LogP contribution in [0.5, 0.6) is 0 Å². The molecule has 0 spiro atoms. The highest BCUT2D eigenvalue weighted by Crippen LogP contribution is 2.16. The molecular weight excluding hydrogens is 238 g/mol. The zero-order chi connectivity index (χ0) is 11.5. The first-order valence-corrected chi connectivity index (χ1v) is 5.24. The van der Waals surface area contributed by atoms with Crippen LogP contribution in [-0.4, -0.2) is 23.4 Å². The molecule has 1 fully saturated rings. The Balaban J connectivity index is 0.00000144. The van der Waals surface area contributed by atoms with Crippen molar-refractivity contribution in [3.63, 3.8) is 0 Å². The zero-order valence-electron chi connectivity index (χ0n) is 9.30. The highest BCUT2D eigenvalue weighted by molar-refractivity contribution is 5.85. The molecule has 1 aliphatic heterocycles. The molecule has 0 unspecified atom stereocenters. The molecule has 0 bridgehead atoms. The van der Waals surface area contributed by atoms with E-state index in [0.717, 1.165) is 5.56 Å². The Bertz CT molecular complexity index is 455. The summed E-state index contributed by atoms with van der Waals surface area (Å²) in [6.45, 7) is 1.16. The van der Waals surface area contributed by atoms with Gasteiger partial charge in [0.15, 0.2) is 0 Å². The summed E-state index contributed by atoms with van der Waals surface area (Å²) in [6, 6.07) is 9.08. The van der Waals surface area contributed by atoms with Gasteiger partial charge in [0.05, 0.1) is 17.7 Å². The minimum Gasteiger partial charge on any atom is -0.337 e. The molecule has 0 radical (unpaired) electrons. The number of hydrogen-bond donors (Lipinski definition) is 1. The van der Waals surface area contributed by atoms with Crippen molar-refractivity contribution in [1.29, 1.82) is 5.26 Å². The van der Waals surface area contributed by atoms with Crippen molar-refractivity contribution in [3.05, 3.63) is 35.4 Å². The van der Waals surface area contributed by atoms with Crippen molar-refractivity contribution in [2.24, 2.45) is 5.73 Å². The normalized spacial score (nSPS) is 18.7. The number of hydrogen-bond acceptors (Lipinski definition) is 3. The van der Waals surface area contributed by atoms with Gasteiger partial charge in [-0.2, -0.15) is 5.26 Å². The average molecular weight is 252 g/mol. The lowest BCUT2D eigenvalue weighted by Crippen LogP contribution is -2.33. The van der Waals surface area contributed by atoms with E-state index in [0.29, 0.717) is 25.1 Å². The molecule has 0 saturated carbocycles. The number of halogens is 1. The van der Waals surface area contributed by atoms with E-state index in [1.807, 2.05) is 18.2 Å². The van der Waals surface area contributed by atoms with E-state index in [1.165, 1.54) is 0 Å². The molecule has 2 N–H and O–H groups in total. The third-order valence-electron chi connectivity index (χ3n) is 2.84. The van der Waals surface area contributed by atoms with E-state index in [9.17, 15) is 4.79 Å². The van der Waals surface area contributed by atoms with Crippen LogP contribution < -0.4 is 5.73 Å².